The molecule has 0 unspecified atom stereocenters. The van der Waals surface area contributed by atoms with Gasteiger partial charge in [-0.25, -0.2) is 9.37 Å². The van der Waals surface area contributed by atoms with Gasteiger partial charge in [0.1, 0.15) is 11.5 Å². The van der Waals surface area contributed by atoms with Crippen LogP contribution in [0, 0.1) is 5.82 Å². The van der Waals surface area contributed by atoms with Gasteiger partial charge in [0.15, 0.2) is 0 Å². The summed E-state index contributed by atoms with van der Waals surface area (Å²) in [7, 11) is 0. The second-order valence-electron chi connectivity index (χ2n) is 7.02. The molecule has 0 saturated carbocycles. The zero-order chi connectivity index (χ0) is 22.0. The van der Waals surface area contributed by atoms with Crippen molar-refractivity contribution in [2.45, 2.75) is 13.0 Å². The van der Waals surface area contributed by atoms with Gasteiger partial charge in [0, 0.05) is 41.1 Å². The summed E-state index contributed by atoms with van der Waals surface area (Å²) in [4.78, 5) is 24.1. The number of carbonyl (C=O) groups is 1. The Balaban J connectivity index is 1.75. The van der Waals surface area contributed by atoms with Crippen LogP contribution in [0.2, 0.25) is 5.02 Å². The first-order chi connectivity index (χ1) is 14.9. The van der Waals surface area contributed by atoms with Crippen molar-refractivity contribution in [3.63, 3.8) is 0 Å². The van der Waals surface area contributed by atoms with E-state index in [1.54, 1.807) is 31.5 Å². The number of aromatic nitrogens is 3. The number of pyridine rings is 2. The summed E-state index contributed by atoms with van der Waals surface area (Å²) in [6.07, 6.45) is 4.05. The van der Waals surface area contributed by atoms with Gasteiger partial charge in [-0.1, -0.05) is 11.6 Å². The minimum Gasteiger partial charge on any atom is -0.392 e. The molecule has 0 aliphatic carbocycles. The molecule has 0 aliphatic heterocycles. The van der Waals surface area contributed by atoms with Crippen molar-refractivity contribution in [3.8, 4) is 11.3 Å². The number of aliphatic hydroxyl groups is 1. The fourth-order valence-corrected chi connectivity index (χ4v) is 3.31. The lowest BCUT2D eigenvalue weighted by Crippen LogP contribution is -2.31. The number of carbonyl (C=O) groups excluding carboxylic acids is 1. The molecule has 1 amide bonds. The predicted molar refractivity (Wildman–Crippen MR) is 118 cm³/mol. The average molecular weight is 440 g/mol. The van der Waals surface area contributed by atoms with Gasteiger partial charge in [0.25, 0.3) is 5.91 Å². The van der Waals surface area contributed by atoms with Crippen LogP contribution in [-0.2, 0) is 0 Å². The Labute approximate surface area is 182 Å². The summed E-state index contributed by atoms with van der Waals surface area (Å²) in [6.45, 7) is 1.70. The van der Waals surface area contributed by atoms with E-state index in [-0.39, 0.29) is 18.0 Å². The molecule has 0 aliphatic rings. The van der Waals surface area contributed by atoms with E-state index < -0.39 is 11.9 Å². The van der Waals surface area contributed by atoms with E-state index in [0.29, 0.717) is 33.3 Å². The van der Waals surface area contributed by atoms with E-state index in [9.17, 15) is 14.3 Å². The highest BCUT2D eigenvalue weighted by Gasteiger charge is 2.16. The molecule has 0 radical (unpaired) electrons. The van der Waals surface area contributed by atoms with Gasteiger partial charge in [-0.3, -0.25) is 9.78 Å². The molecule has 0 fully saturated rings. The summed E-state index contributed by atoms with van der Waals surface area (Å²) in [6, 6.07) is 9.47. The minimum absolute atomic E-state index is 0.114. The monoisotopic (exact) mass is 439 g/mol. The third kappa shape index (κ3) is 4.50. The maximum absolute atomic E-state index is 14.4. The number of fused-ring (bicyclic) bond motifs is 1. The number of nitrogens with zero attached hydrogens (tertiary/aromatic N) is 2. The first kappa shape index (κ1) is 20.8. The fraction of sp³-hybridized carbons (Fsp3) is 0.136. The number of nitrogens with one attached hydrogen (secondary N) is 3. The highest BCUT2D eigenvalue weighted by Crippen LogP contribution is 2.33. The van der Waals surface area contributed by atoms with Crippen LogP contribution in [0.3, 0.4) is 0 Å². The zero-order valence-electron chi connectivity index (χ0n) is 16.5. The van der Waals surface area contributed by atoms with Gasteiger partial charge in [-0.2, -0.15) is 0 Å². The SMILES string of the molecule is C[C@H](O)CNC(=O)c1cnccc1Nc1cc(-c2cc(Cl)ccc2F)nc2[nH]ccc12. The topological polar surface area (TPSA) is 103 Å². The average Bonchev–Trinajstić information content (AvgIpc) is 3.23. The number of rotatable bonds is 6. The quantitative estimate of drug-likeness (QED) is 0.359. The van der Waals surface area contributed by atoms with Gasteiger partial charge in [-0.15, -0.1) is 0 Å². The number of H-pyrrole nitrogens is 1. The molecule has 4 aromatic rings. The van der Waals surface area contributed by atoms with Crippen LogP contribution in [0.25, 0.3) is 22.3 Å². The smallest absolute Gasteiger partial charge is 0.255 e. The van der Waals surface area contributed by atoms with Gasteiger partial charge < -0.3 is 20.7 Å². The van der Waals surface area contributed by atoms with Crippen LogP contribution in [-0.4, -0.2) is 38.6 Å². The highest BCUT2D eigenvalue weighted by molar-refractivity contribution is 6.30. The predicted octanol–water partition coefficient (Wildman–Crippen LogP) is 4.27. The van der Waals surface area contributed by atoms with Crippen LogP contribution in [0.1, 0.15) is 17.3 Å². The van der Waals surface area contributed by atoms with E-state index in [2.05, 4.69) is 25.6 Å². The third-order valence-corrected chi connectivity index (χ3v) is 4.86. The molecule has 4 rings (SSSR count). The normalized spacial score (nSPS) is 12.0. The maximum Gasteiger partial charge on any atom is 0.255 e. The van der Waals surface area contributed by atoms with Gasteiger partial charge in [0.05, 0.1) is 28.7 Å². The van der Waals surface area contributed by atoms with Crippen molar-refractivity contribution in [2.75, 3.05) is 11.9 Å². The molecular formula is C22H19ClFN5O2. The standard InChI is InChI=1S/C22H19ClFN5O2/c1-12(30)10-27-22(31)16-11-25-6-5-18(16)28-19-9-20(29-21-14(19)4-7-26-21)15-8-13(23)2-3-17(15)24/h2-9,11-12,30H,10H2,1H3,(H,27,31)(H2,25,26,28,29)/t12-/m0/s1. The second kappa shape index (κ2) is 8.71. The molecule has 1 aromatic carbocycles. The first-order valence-electron chi connectivity index (χ1n) is 9.53. The molecule has 158 valence electrons. The molecule has 3 heterocycles. The number of amides is 1. The molecular weight excluding hydrogens is 421 g/mol. The molecule has 0 saturated heterocycles. The molecule has 1 atom stereocenters. The number of halogens is 2. The van der Waals surface area contributed by atoms with Gasteiger partial charge in [0.2, 0.25) is 0 Å². The lowest BCUT2D eigenvalue weighted by Gasteiger charge is -2.14. The molecule has 4 N–H and O–H groups in total. The molecule has 7 nitrogen and oxygen atoms in total. The van der Waals surface area contributed by atoms with Crippen molar-refractivity contribution in [1.29, 1.82) is 0 Å². The van der Waals surface area contributed by atoms with Crippen LogP contribution in [0.4, 0.5) is 15.8 Å². The fourth-order valence-electron chi connectivity index (χ4n) is 3.14. The number of benzene rings is 1. The largest absolute Gasteiger partial charge is 0.392 e. The van der Waals surface area contributed by atoms with E-state index in [1.807, 2.05) is 6.07 Å². The Morgan fingerprint density at radius 3 is 2.90 bits per heavy atom. The van der Waals surface area contributed by atoms with Crippen LogP contribution >= 0.6 is 11.6 Å². The Morgan fingerprint density at radius 1 is 1.26 bits per heavy atom. The van der Waals surface area contributed by atoms with Crippen molar-refractivity contribution < 1.29 is 14.3 Å². The number of aromatic amines is 1. The molecule has 3 aromatic heterocycles. The number of anilines is 2. The molecule has 31 heavy (non-hydrogen) atoms. The summed E-state index contributed by atoms with van der Waals surface area (Å²) in [5, 5.41) is 16.5. The van der Waals surface area contributed by atoms with Crippen molar-refractivity contribution >= 4 is 39.9 Å². The zero-order valence-corrected chi connectivity index (χ0v) is 17.2. The van der Waals surface area contributed by atoms with Crippen LogP contribution in [0.5, 0.6) is 0 Å². The Hall–Kier alpha value is -3.49. The van der Waals surface area contributed by atoms with Crippen molar-refractivity contribution in [1.82, 2.24) is 20.3 Å². The van der Waals surface area contributed by atoms with Crippen LogP contribution in [0.15, 0.2) is 55.0 Å². The van der Waals surface area contributed by atoms with Crippen molar-refractivity contribution in [2.24, 2.45) is 0 Å². The summed E-state index contributed by atoms with van der Waals surface area (Å²) >= 11 is 6.05. The molecule has 0 bridgehead atoms. The summed E-state index contributed by atoms with van der Waals surface area (Å²) in [5.74, 6) is -0.826. The third-order valence-electron chi connectivity index (χ3n) is 4.63. The Kier molecular flexibility index (Phi) is 5.83. The highest BCUT2D eigenvalue weighted by atomic mass is 35.5. The van der Waals surface area contributed by atoms with E-state index in [4.69, 9.17) is 11.6 Å². The van der Waals surface area contributed by atoms with Crippen LogP contribution < -0.4 is 10.6 Å². The Bertz CT molecular complexity index is 1260. The summed E-state index contributed by atoms with van der Waals surface area (Å²) < 4.78 is 14.4. The second-order valence-corrected chi connectivity index (χ2v) is 7.46. The maximum atomic E-state index is 14.4. The Morgan fingerprint density at radius 2 is 2.10 bits per heavy atom. The van der Waals surface area contributed by atoms with E-state index in [0.717, 1.165) is 5.39 Å². The number of aliphatic hydroxyl groups excluding tert-OH is 1. The first-order valence-corrected chi connectivity index (χ1v) is 9.91. The van der Waals surface area contributed by atoms with E-state index in [1.165, 1.54) is 24.4 Å². The van der Waals surface area contributed by atoms with Gasteiger partial charge >= 0.3 is 0 Å². The van der Waals surface area contributed by atoms with Gasteiger partial charge in [-0.05, 0) is 43.3 Å². The lowest BCUT2D eigenvalue weighted by molar-refractivity contribution is 0.0924. The molecule has 9 heteroatoms. The minimum atomic E-state index is -0.674. The molecule has 0 spiro atoms. The van der Waals surface area contributed by atoms with Crippen molar-refractivity contribution in [3.05, 3.63) is 71.4 Å². The number of hydrogen-bond donors (Lipinski definition) is 4. The number of hydrogen-bond acceptors (Lipinski definition) is 5. The lowest BCUT2D eigenvalue weighted by atomic mass is 10.1. The summed E-state index contributed by atoms with van der Waals surface area (Å²) in [5.41, 5.74) is 2.62. The van der Waals surface area contributed by atoms with E-state index >= 15 is 0 Å².